The summed E-state index contributed by atoms with van der Waals surface area (Å²) in [7, 11) is 1.71. The Bertz CT molecular complexity index is 912. The van der Waals surface area contributed by atoms with Crippen molar-refractivity contribution < 1.29 is 31.8 Å². The molecule has 1 aliphatic rings. The van der Waals surface area contributed by atoms with Crippen LogP contribution in [0, 0.1) is 18.6 Å². The van der Waals surface area contributed by atoms with Gasteiger partial charge in [-0.05, 0) is 41.9 Å². The molecule has 1 aromatic carbocycles. The smallest absolute Gasteiger partial charge is 0.254 e. The minimum absolute atomic E-state index is 0.00353. The van der Waals surface area contributed by atoms with E-state index in [1.54, 1.807) is 25.6 Å². The zero-order chi connectivity index (χ0) is 22.1. The lowest BCUT2D eigenvalue weighted by atomic mass is 9.72. The van der Waals surface area contributed by atoms with E-state index in [1.807, 2.05) is 0 Å². The second-order valence-corrected chi connectivity index (χ2v) is 8.12. The van der Waals surface area contributed by atoms with Gasteiger partial charge in [-0.3, -0.25) is 4.68 Å². The molecular formula is C20H23BrF4N2O3. The molecule has 0 bridgehead atoms. The molecule has 1 aliphatic carbocycles. The molecule has 3 rings (SSSR count). The highest BCUT2D eigenvalue weighted by molar-refractivity contribution is 9.10. The fraction of sp³-hybridized carbons (Fsp3) is 0.550. The van der Waals surface area contributed by atoms with Crippen LogP contribution in [0.3, 0.4) is 0 Å². The Hall–Kier alpha value is -1.65. The number of nitrogens with zero attached hydrogens (tertiary/aromatic N) is 2. The lowest BCUT2D eigenvalue weighted by Gasteiger charge is -2.46. The summed E-state index contributed by atoms with van der Waals surface area (Å²) in [5.41, 5.74) is 0.569. The fourth-order valence-electron chi connectivity index (χ4n) is 3.57. The molecular weight excluding hydrogens is 472 g/mol. The van der Waals surface area contributed by atoms with Crippen molar-refractivity contribution >= 4 is 15.9 Å². The first-order valence-corrected chi connectivity index (χ1v) is 10.3. The molecule has 0 amide bonds. The Morgan fingerprint density at radius 3 is 2.57 bits per heavy atom. The quantitative estimate of drug-likeness (QED) is 0.212. The first-order chi connectivity index (χ1) is 14.1. The van der Waals surface area contributed by atoms with Crippen LogP contribution in [0.15, 0.2) is 16.6 Å². The third-order valence-corrected chi connectivity index (χ3v) is 5.83. The van der Waals surface area contributed by atoms with Gasteiger partial charge in [0.1, 0.15) is 12.4 Å². The summed E-state index contributed by atoms with van der Waals surface area (Å²) in [5, 5.41) is 4.43. The highest BCUT2D eigenvalue weighted by Gasteiger charge is 2.60. The van der Waals surface area contributed by atoms with Gasteiger partial charge in [-0.15, -0.1) is 0 Å². The molecule has 10 heteroatoms. The number of ether oxygens (including phenoxy) is 3. The monoisotopic (exact) mass is 494 g/mol. The molecule has 2 aromatic rings. The Balaban J connectivity index is 1.82. The number of aryl methyl sites for hydroxylation is 1. The van der Waals surface area contributed by atoms with Gasteiger partial charge in [0.25, 0.3) is 5.92 Å². The lowest BCUT2D eigenvalue weighted by molar-refractivity contribution is -0.264. The molecule has 0 unspecified atom stereocenters. The second-order valence-electron chi connectivity index (χ2n) is 7.27. The van der Waals surface area contributed by atoms with E-state index in [0.717, 1.165) is 11.8 Å². The standard InChI is InChI=1S/C20H23BrF4N2O3/c1-4-28-11-30-19(9-20(24,25)10-19)18-13(12(2)27(3)26-18)7-8-29-17-14(21)5-6-15(22)16(17)23/h5-6H,4,7-11H2,1-3H3. The average molecular weight is 495 g/mol. The third-order valence-electron chi connectivity index (χ3n) is 5.20. The molecule has 30 heavy (non-hydrogen) atoms. The van der Waals surface area contributed by atoms with E-state index in [0.29, 0.717) is 17.9 Å². The van der Waals surface area contributed by atoms with Crippen molar-refractivity contribution in [1.82, 2.24) is 9.78 Å². The Morgan fingerprint density at radius 1 is 1.23 bits per heavy atom. The number of hydrogen-bond acceptors (Lipinski definition) is 4. The lowest BCUT2D eigenvalue weighted by Crippen LogP contribution is -2.52. The van der Waals surface area contributed by atoms with Crippen LogP contribution in [0.2, 0.25) is 0 Å². The van der Waals surface area contributed by atoms with E-state index in [9.17, 15) is 17.6 Å². The topological polar surface area (TPSA) is 45.5 Å². The molecule has 0 radical (unpaired) electrons. The van der Waals surface area contributed by atoms with Crippen LogP contribution in [0.25, 0.3) is 0 Å². The summed E-state index contributed by atoms with van der Waals surface area (Å²) in [6, 6.07) is 2.34. The molecule has 1 aromatic heterocycles. The Kier molecular flexibility index (Phi) is 6.78. The van der Waals surface area contributed by atoms with Gasteiger partial charge < -0.3 is 14.2 Å². The molecule has 1 heterocycles. The van der Waals surface area contributed by atoms with Crippen molar-refractivity contribution in [1.29, 1.82) is 0 Å². The van der Waals surface area contributed by atoms with E-state index < -0.39 is 36.0 Å². The largest absolute Gasteiger partial charge is 0.489 e. The van der Waals surface area contributed by atoms with Gasteiger partial charge in [-0.2, -0.15) is 9.49 Å². The van der Waals surface area contributed by atoms with E-state index in [4.69, 9.17) is 14.2 Å². The van der Waals surface area contributed by atoms with Gasteiger partial charge in [0.05, 0.1) is 16.8 Å². The summed E-state index contributed by atoms with van der Waals surface area (Å²) in [4.78, 5) is 0. The molecule has 0 saturated heterocycles. The van der Waals surface area contributed by atoms with Crippen molar-refractivity contribution in [2.75, 3.05) is 20.0 Å². The maximum atomic E-state index is 14.0. The second kappa shape index (κ2) is 8.84. The van der Waals surface area contributed by atoms with Crippen molar-refractivity contribution in [2.45, 2.75) is 44.6 Å². The molecule has 1 fully saturated rings. The summed E-state index contributed by atoms with van der Waals surface area (Å²) in [5.74, 6) is -5.20. The van der Waals surface area contributed by atoms with Crippen molar-refractivity contribution in [2.24, 2.45) is 7.05 Å². The summed E-state index contributed by atoms with van der Waals surface area (Å²) in [6.07, 6.45) is -0.744. The maximum absolute atomic E-state index is 14.0. The van der Waals surface area contributed by atoms with E-state index >= 15 is 0 Å². The minimum Gasteiger partial charge on any atom is -0.489 e. The van der Waals surface area contributed by atoms with Gasteiger partial charge in [-0.1, -0.05) is 0 Å². The van der Waals surface area contributed by atoms with Crippen LogP contribution < -0.4 is 4.74 Å². The molecule has 0 spiro atoms. The average Bonchev–Trinajstić information content (AvgIpc) is 2.94. The normalized spacial score (nSPS) is 17.1. The van der Waals surface area contributed by atoms with Gasteiger partial charge in [-0.25, -0.2) is 13.2 Å². The zero-order valence-electron chi connectivity index (χ0n) is 16.9. The van der Waals surface area contributed by atoms with Gasteiger partial charge in [0, 0.05) is 44.2 Å². The van der Waals surface area contributed by atoms with Crippen LogP contribution in [-0.2, 0) is 28.5 Å². The van der Waals surface area contributed by atoms with E-state index in [1.165, 1.54) is 6.07 Å². The number of aromatic nitrogens is 2. The number of rotatable bonds is 9. The molecule has 166 valence electrons. The summed E-state index contributed by atoms with van der Waals surface area (Å²) in [6.45, 7) is 3.85. The zero-order valence-corrected chi connectivity index (χ0v) is 18.5. The summed E-state index contributed by atoms with van der Waals surface area (Å²) < 4.78 is 73.3. The molecule has 0 atom stereocenters. The molecule has 0 aliphatic heterocycles. The first kappa shape index (κ1) is 23.0. The molecule has 1 saturated carbocycles. The van der Waals surface area contributed by atoms with Crippen LogP contribution in [0.5, 0.6) is 5.75 Å². The fourth-order valence-corrected chi connectivity index (χ4v) is 3.99. The molecule has 5 nitrogen and oxygen atoms in total. The first-order valence-electron chi connectivity index (χ1n) is 9.49. The maximum Gasteiger partial charge on any atom is 0.254 e. The molecule has 0 N–H and O–H groups in total. The van der Waals surface area contributed by atoms with E-state index in [-0.39, 0.29) is 30.0 Å². The SMILES string of the molecule is CCOCOC1(c2nn(C)c(C)c2CCOc2c(Br)ccc(F)c2F)CC(F)(F)C1. The van der Waals surface area contributed by atoms with Crippen LogP contribution in [0.1, 0.15) is 36.7 Å². The van der Waals surface area contributed by atoms with Crippen LogP contribution >= 0.6 is 15.9 Å². The van der Waals surface area contributed by atoms with Crippen molar-refractivity contribution in [3.8, 4) is 5.75 Å². The highest BCUT2D eigenvalue weighted by Crippen LogP contribution is 2.54. The van der Waals surface area contributed by atoms with Gasteiger partial charge >= 0.3 is 0 Å². The van der Waals surface area contributed by atoms with Crippen molar-refractivity contribution in [3.63, 3.8) is 0 Å². The number of benzene rings is 1. The van der Waals surface area contributed by atoms with Crippen LogP contribution in [-0.4, -0.2) is 35.7 Å². The third kappa shape index (κ3) is 4.50. The number of halogens is 5. The summed E-state index contributed by atoms with van der Waals surface area (Å²) >= 11 is 3.14. The number of hydrogen-bond donors (Lipinski definition) is 0. The van der Waals surface area contributed by atoms with Gasteiger partial charge in [0.15, 0.2) is 11.6 Å². The van der Waals surface area contributed by atoms with Crippen molar-refractivity contribution in [3.05, 3.63) is 45.2 Å². The van der Waals surface area contributed by atoms with E-state index in [2.05, 4.69) is 21.0 Å². The minimum atomic E-state index is -2.85. The Labute approximate surface area is 180 Å². The van der Waals surface area contributed by atoms with Gasteiger partial charge in [0.2, 0.25) is 5.82 Å². The van der Waals surface area contributed by atoms with Crippen LogP contribution in [0.4, 0.5) is 17.6 Å². The Morgan fingerprint density at radius 2 is 1.93 bits per heavy atom. The highest BCUT2D eigenvalue weighted by atomic mass is 79.9. The number of alkyl halides is 2. The predicted octanol–water partition coefficient (Wildman–Crippen LogP) is 5.03. The predicted molar refractivity (Wildman–Crippen MR) is 105 cm³/mol.